The van der Waals surface area contributed by atoms with Crippen molar-refractivity contribution in [2.45, 2.75) is 89.8 Å². The van der Waals surface area contributed by atoms with E-state index < -0.39 is 6.04 Å². The zero-order chi connectivity index (χ0) is 28.7. The van der Waals surface area contributed by atoms with E-state index in [1.807, 2.05) is 30.3 Å². The van der Waals surface area contributed by atoms with Crippen molar-refractivity contribution in [3.05, 3.63) is 105 Å². The number of nitrogens with one attached hydrogen (secondary N) is 1. The van der Waals surface area contributed by atoms with Crippen molar-refractivity contribution in [1.82, 2.24) is 10.2 Å². The summed E-state index contributed by atoms with van der Waals surface area (Å²) in [6, 6.07) is 23.1. The van der Waals surface area contributed by atoms with E-state index in [1.54, 1.807) is 23.1 Å². The topological polar surface area (TPSA) is 49.4 Å². The van der Waals surface area contributed by atoms with E-state index >= 15 is 0 Å². The second-order valence-corrected chi connectivity index (χ2v) is 12.7. The summed E-state index contributed by atoms with van der Waals surface area (Å²) in [5, 5.41) is 4.21. The molecule has 3 aromatic carbocycles. The minimum atomic E-state index is -0.689. The summed E-state index contributed by atoms with van der Waals surface area (Å²) in [7, 11) is 0. The molecule has 0 heterocycles. The summed E-state index contributed by atoms with van der Waals surface area (Å²) in [4.78, 5) is 29.5. The van der Waals surface area contributed by atoms with Crippen molar-refractivity contribution in [2.75, 3.05) is 0 Å². The predicted molar refractivity (Wildman–Crippen MR) is 165 cm³/mol. The Morgan fingerprint density at radius 2 is 1.50 bits per heavy atom. The number of rotatable bonds is 10. The molecule has 0 spiro atoms. The smallest absolute Gasteiger partial charge is 0.243 e. The maximum Gasteiger partial charge on any atom is 0.243 e. The lowest BCUT2D eigenvalue weighted by molar-refractivity contribution is -0.141. The number of nitrogens with zero attached hydrogens (tertiary/aromatic N) is 1. The van der Waals surface area contributed by atoms with Crippen LogP contribution >= 0.6 is 23.2 Å². The first-order valence-electron chi connectivity index (χ1n) is 14.3. The van der Waals surface area contributed by atoms with Crippen molar-refractivity contribution in [3.8, 4) is 0 Å². The summed E-state index contributed by atoms with van der Waals surface area (Å²) < 4.78 is 0. The highest BCUT2D eigenvalue weighted by Crippen LogP contribution is 2.28. The number of hydrogen-bond acceptors (Lipinski definition) is 2. The second-order valence-electron chi connectivity index (χ2n) is 11.9. The van der Waals surface area contributed by atoms with E-state index in [9.17, 15) is 9.59 Å². The Bertz CT molecular complexity index is 1260. The molecule has 4 nitrogen and oxygen atoms in total. The predicted octanol–water partition coefficient (Wildman–Crippen LogP) is 7.92. The fourth-order valence-corrected chi connectivity index (χ4v) is 5.86. The Hall–Kier alpha value is -2.82. The fourth-order valence-electron chi connectivity index (χ4n) is 5.34. The van der Waals surface area contributed by atoms with Crippen LogP contribution in [0.15, 0.2) is 72.8 Å². The highest BCUT2D eigenvalue weighted by Gasteiger charge is 2.32. The minimum Gasteiger partial charge on any atom is -0.352 e. The first-order valence-corrected chi connectivity index (χ1v) is 15.0. The maximum absolute atomic E-state index is 14.0. The van der Waals surface area contributed by atoms with Gasteiger partial charge in [-0.3, -0.25) is 9.59 Å². The van der Waals surface area contributed by atoms with Gasteiger partial charge in [0.05, 0.1) is 0 Å². The first-order chi connectivity index (χ1) is 19.1. The van der Waals surface area contributed by atoms with Gasteiger partial charge in [-0.2, -0.15) is 0 Å². The molecule has 1 fully saturated rings. The molecule has 1 aliphatic carbocycles. The average molecular weight is 580 g/mol. The number of aryl methyl sites for hydroxylation is 1. The molecule has 0 aliphatic heterocycles. The SMILES string of the molecule is CC(C)(C)c1ccc(CCC(=O)N(Cc2c(Cl)cccc2Cl)C(Cc2ccccc2)C(=O)NC2CCCC2)cc1. The number of hydrogen-bond donors (Lipinski definition) is 1. The molecule has 0 aromatic heterocycles. The molecule has 1 atom stereocenters. The third kappa shape index (κ3) is 8.11. The van der Waals surface area contributed by atoms with Crippen LogP contribution in [0.25, 0.3) is 0 Å². The van der Waals surface area contributed by atoms with Crippen LogP contribution in [0.1, 0.15) is 75.1 Å². The molecule has 1 N–H and O–H groups in total. The van der Waals surface area contributed by atoms with E-state index in [2.05, 4.69) is 50.4 Å². The van der Waals surface area contributed by atoms with Gasteiger partial charge in [-0.05, 0) is 53.5 Å². The average Bonchev–Trinajstić information content (AvgIpc) is 3.44. The monoisotopic (exact) mass is 578 g/mol. The molecule has 1 unspecified atom stereocenters. The van der Waals surface area contributed by atoms with Crippen LogP contribution in [-0.2, 0) is 34.4 Å². The van der Waals surface area contributed by atoms with Crippen molar-refractivity contribution >= 4 is 35.0 Å². The van der Waals surface area contributed by atoms with Crippen LogP contribution in [0, 0.1) is 0 Å². The van der Waals surface area contributed by atoms with Crippen LogP contribution < -0.4 is 5.32 Å². The van der Waals surface area contributed by atoms with Crippen LogP contribution in [0.2, 0.25) is 10.0 Å². The Kier molecular flexibility index (Phi) is 10.3. The largest absolute Gasteiger partial charge is 0.352 e. The van der Waals surface area contributed by atoms with Crippen LogP contribution in [0.3, 0.4) is 0 Å². The third-order valence-electron chi connectivity index (χ3n) is 7.81. The molecule has 0 bridgehead atoms. The van der Waals surface area contributed by atoms with E-state index in [-0.39, 0.29) is 36.2 Å². The van der Waals surface area contributed by atoms with Gasteiger partial charge in [0.25, 0.3) is 0 Å². The lowest BCUT2D eigenvalue weighted by atomic mass is 9.86. The zero-order valence-corrected chi connectivity index (χ0v) is 25.3. The molecule has 1 saturated carbocycles. The van der Waals surface area contributed by atoms with Crippen molar-refractivity contribution < 1.29 is 9.59 Å². The standard InChI is InChI=1S/C34H40Cl2N2O2/c1-34(2,3)26-19-16-24(17-20-26)18-21-32(39)38(23-28-29(35)14-9-15-30(28)36)31(22-25-10-5-4-6-11-25)33(40)37-27-12-7-8-13-27/h4-6,9-11,14-17,19-20,27,31H,7-8,12-13,18,21-23H2,1-3H3,(H,37,40). The van der Waals surface area contributed by atoms with Gasteiger partial charge in [0.15, 0.2) is 0 Å². The molecule has 40 heavy (non-hydrogen) atoms. The molecule has 1 aliphatic rings. The Balaban J connectivity index is 1.62. The van der Waals surface area contributed by atoms with Gasteiger partial charge in [-0.25, -0.2) is 0 Å². The maximum atomic E-state index is 14.0. The normalized spacial score (nSPS) is 14.6. The highest BCUT2D eigenvalue weighted by molar-refractivity contribution is 6.36. The van der Waals surface area contributed by atoms with Crippen molar-refractivity contribution in [3.63, 3.8) is 0 Å². The van der Waals surface area contributed by atoms with Gasteiger partial charge in [0.1, 0.15) is 6.04 Å². The molecule has 0 radical (unpaired) electrons. The number of halogens is 2. The van der Waals surface area contributed by atoms with Gasteiger partial charge in [0.2, 0.25) is 11.8 Å². The van der Waals surface area contributed by atoms with Gasteiger partial charge >= 0.3 is 0 Å². The van der Waals surface area contributed by atoms with E-state index in [1.165, 1.54) is 5.56 Å². The number of carbonyl (C=O) groups excluding carboxylic acids is 2. The van der Waals surface area contributed by atoms with Gasteiger partial charge in [-0.15, -0.1) is 0 Å². The molecular formula is C34H40Cl2N2O2. The number of benzene rings is 3. The van der Waals surface area contributed by atoms with Crippen molar-refractivity contribution in [2.24, 2.45) is 0 Å². The van der Waals surface area contributed by atoms with Crippen LogP contribution in [0.4, 0.5) is 0 Å². The van der Waals surface area contributed by atoms with Crippen LogP contribution in [0.5, 0.6) is 0 Å². The summed E-state index contributed by atoms with van der Waals surface area (Å²) in [6.07, 6.45) is 5.43. The quantitative estimate of drug-likeness (QED) is 0.265. The molecule has 3 aromatic rings. The van der Waals surface area contributed by atoms with E-state index in [0.29, 0.717) is 28.5 Å². The number of carbonyl (C=O) groups is 2. The Morgan fingerprint density at radius 3 is 2.10 bits per heavy atom. The van der Waals surface area contributed by atoms with E-state index in [4.69, 9.17) is 23.2 Å². The molecule has 0 saturated heterocycles. The molecule has 212 valence electrons. The summed E-state index contributed by atoms with van der Waals surface area (Å²) >= 11 is 13.1. The minimum absolute atomic E-state index is 0.0662. The van der Waals surface area contributed by atoms with Gasteiger partial charge < -0.3 is 10.2 Å². The lowest BCUT2D eigenvalue weighted by Crippen LogP contribution is -2.52. The second kappa shape index (κ2) is 13.7. The summed E-state index contributed by atoms with van der Waals surface area (Å²) in [6.45, 7) is 6.72. The summed E-state index contributed by atoms with van der Waals surface area (Å²) in [5.41, 5.74) is 4.06. The van der Waals surface area contributed by atoms with Crippen LogP contribution in [-0.4, -0.2) is 28.8 Å². The molecule has 2 amide bonds. The first kappa shape index (κ1) is 30.1. The molecule has 4 rings (SSSR count). The van der Waals surface area contributed by atoms with Gasteiger partial charge in [0, 0.05) is 41.0 Å². The molecule has 6 heteroatoms. The highest BCUT2D eigenvalue weighted by atomic mass is 35.5. The fraction of sp³-hybridized carbons (Fsp3) is 0.412. The van der Waals surface area contributed by atoms with Crippen molar-refractivity contribution in [1.29, 1.82) is 0 Å². The number of amides is 2. The summed E-state index contributed by atoms with van der Waals surface area (Å²) in [5.74, 6) is -0.222. The third-order valence-corrected chi connectivity index (χ3v) is 8.52. The Morgan fingerprint density at radius 1 is 0.875 bits per heavy atom. The lowest BCUT2D eigenvalue weighted by Gasteiger charge is -2.33. The van der Waals surface area contributed by atoms with E-state index in [0.717, 1.165) is 36.8 Å². The molecular weight excluding hydrogens is 539 g/mol. The van der Waals surface area contributed by atoms with Gasteiger partial charge in [-0.1, -0.05) is 117 Å². The Labute approximate surface area is 249 Å². The zero-order valence-electron chi connectivity index (χ0n) is 23.8.